The molecule has 0 saturated carbocycles. The molecular weight excluding hydrogens is 412 g/mol. The number of aromatic nitrogens is 1. The van der Waals surface area contributed by atoms with E-state index in [1.54, 1.807) is 24.3 Å². The number of methoxy groups -OCH3 is 2. The van der Waals surface area contributed by atoms with Gasteiger partial charge >= 0.3 is 11.9 Å². The monoisotopic (exact) mass is 428 g/mol. The molecule has 0 unspecified atom stereocenters. The number of thiazole rings is 1. The first-order valence-corrected chi connectivity index (χ1v) is 9.51. The second-order valence-electron chi connectivity index (χ2n) is 6.22. The van der Waals surface area contributed by atoms with Crippen LogP contribution in [0.2, 0.25) is 0 Å². The van der Waals surface area contributed by atoms with Crippen molar-refractivity contribution in [3.05, 3.63) is 73.4 Å². The van der Waals surface area contributed by atoms with Crippen molar-refractivity contribution in [2.45, 2.75) is 5.92 Å². The van der Waals surface area contributed by atoms with Crippen LogP contribution in [0.3, 0.4) is 0 Å². The van der Waals surface area contributed by atoms with Gasteiger partial charge in [0.2, 0.25) is 0 Å². The van der Waals surface area contributed by atoms with Gasteiger partial charge < -0.3 is 24.0 Å². The molecule has 1 aliphatic heterocycles. The highest BCUT2D eigenvalue weighted by Gasteiger charge is 2.41. The van der Waals surface area contributed by atoms with Crippen LogP contribution >= 0.6 is 11.3 Å². The SMILES string of the molecule is COC(=O)C1=C(N)n2c(s/c(=C\c3ccco3)c2=O)=C(C(=O)OC)[C@@H]1c1ccco1. The van der Waals surface area contributed by atoms with E-state index in [1.807, 2.05) is 0 Å². The van der Waals surface area contributed by atoms with E-state index in [1.165, 1.54) is 32.8 Å². The third kappa shape index (κ3) is 2.98. The zero-order valence-electron chi connectivity index (χ0n) is 15.9. The number of nitrogens with two attached hydrogens (primary N) is 1. The average Bonchev–Trinajstić information content (AvgIpc) is 3.50. The first-order chi connectivity index (χ1) is 14.5. The summed E-state index contributed by atoms with van der Waals surface area (Å²) in [6.45, 7) is 0. The van der Waals surface area contributed by atoms with Gasteiger partial charge in [-0.05, 0) is 24.3 Å². The third-order valence-corrected chi connectivity index (χ3v) is 5.71. The number of carbonyl (C=O) groups excluding carboxylic acids is 2. The van der Waals surface area contributed by atoms with Crippen molar-refractivity contribution in [3.63, 3.8) is 0 Å². The summed E-state index contributed by atoms with van der Waals surface area (Å²) in [6.07, 6.45) is 4.40. The van der Waals surface area contributed by atoms with E-state index in [2.05, 4.69) is 0 Å². The highest BCUT2D eigenvalue weighted by atomic mass is 32.1. The smallest absolute Gasteiger partial charge is 0.338 e. The lowest BCUT2D eigenvalue weighted by atomic mass is 9.87. The molecule has 3 aromatic heterocycles. The summed E-state index contributed by atoms with van der Waals surface area (Å²) in [5, 5.41) is 0. The van der Waals surface area contributed by atoms with Crippen LogP contribution in [0.1, 0.15) is 17.4 Å². The standard InChI is InChI=1S/C20H16N2O7S/c1-26-19(24)14-13(11-6-4-8-29-11)15(20(25)27-2)18-22(16(14)21)17(23)12(30-18)9-10-5-3-7-28-10/h3-9,13H,21H2,1-2H3/b12-9-/t13-/m1/s1. The fourth-order valence-electron chi connectivity index (χ4n) is 3.31. The lowest BCUT2D eigenvalue weighted by Crippen LogP contribution is -2.41. The van der Waals surface area contributed by atoms with Crippen molar-refractivity contribution in [1.82, 2.24) is 4.57 Å². The molecule has 0 aliphatic carbocycles. The van der Waals surface area contributed by atoms with Gasteiger partial charge in [0.05, 0.1) is 48.3 Å². The Bertz CT molecular complexity index is 1320. The maximum atomic E-state index is 13.1. The van der Waals surface area contributed by atoms with Crippen LogP contribution in [-0.2, 0) is 19.1 Å². The number of esters is 2. The molecular formula is C20H16N2O7S. The lowest BCUT2D eigenvalue weighted by Gasteiger charge is -2.24. The molecule has 3 aromatic rings. The van der Waals surface area contributed by atoms with Crippen LogP contribution < -0.4 is 20.5 Å². The summed E-state index contributed by atoms with van der Waals surface area (Å²) >= 11 is 1.03. The van der Waals surface area contributed by atoms with Gasteiger partial charge in [0.1, 0.15) is 22.0 Å². The van der Waals surface area contributed by atoms with Crippen LogP contribution in [0.4, 0.5) is 0 Å². The quantitative estimate of drug-likeness (QED) is 0.590. The third-order valence-electron chi connectivity index (χ3n) is 4.60. The Kier molecular flexibility index (Phi) is 4.92. The molecule has 2 N–H and O–H groups in total. The lowest BCUT2D eigenvalue weighted by molar-refractivity contribution is -0.136. The van der Waals surface area contributed by atoms with Gasteiger partial charge in [-0.1, -0.05) is 0 Å². The van der Waals surface area contributed by atoms with Crippen molar-refractivity contribution in [1.29, 1.82) is 0 Å². The minimum atomic E-state index is -1.01. The second-order valence-corrected chi connectivity index (χ2v) is 7.25. The molecule has 0 aromatic carbocycles. The molecule has 0 saturated heterocycles. The van der Waals surface area contributed by atoms with Gasteiger partial charge in [0.15, 0.2) is 0 Å². The van der Waals surface area contributed by atoms with Gasteiger partial charge in [-0.25, -0.2) is 9.59 Å². The Morgan fingerprint density at radius 3 is 2.37 bits per heavy atom. The van der Waals surface area contributed by atoms with E-state index in [4.69, 9.17) is 24.0 Å². The minimum Gasteiger partial charge on any atom is -0.468 e. The van der Waals surface area contributed by atoms with Gasteiger partial charge in [-0.15, -0.1) is 11.3 Å². The summed E-state index contributed by atoms with van der Waals surface area (Å²) in [5.74, 6) is -1.95. The van der Waals surface area contributed by atoms with E-state index in [0.29, 0.717) is 5.76 Å². The molecule has 0 bridgehead atoms. The van der Waals surface area contributed by atoms with Crippen LogP contribution in [-0.4, -0.2) is 30.7 Å². The van der Waals surface area contributed by atoms with Crippen molar-refractivity contribution in [2.24, 2.45) is 5.73 Å². The van der Waals surface area contributed by atoms with Gasteiger partial charge in [0, 0.05) is 6.08 Å². The fourth-order valence-corrected chi connectivity index (χ4v) is 4.45. The molecule has 0 fully saturated rings. The van der Waals surface area contributed by atoms with Crippen molar-refractivity contribution in [3.8, 4) is 0 Å². The maximum Gasteiger partial charge on any atom is 0.338 e. The van der Waals surface area contributed by atoms with Crippen molar-refractivity contribution >= 4 is 40.7 Å². The maximum absolute atomic E-state index is 13.1. The Morgan fingerprint density at radius 2 is 1.77 bits per heavy atom. The van der Waals surface area contributed by atoms with E-state index in [-0.39, 0.29) is 31.9 Å². The molecule has 30 heavy (non-hydrogen) atoms. The van der Waals surface area contributed by atoms with Gasteiger partial charge in [-0.3, -0.25) is 9.36 Å². The van der Waals surface area contributed by atoms with Gasteiger partial charge in [-0.2, -0.15) is 0 Å². The highest BCUT2D eigenvalue weighted by molar-refractivity contribution is 7.07. The van der Waals surface area contributed by atoms with Crippen molar-refractivity contribution in [2.75, 3.05) is 14.2 Å². The minimum absolute atomic E-state index is 0.0447. The van der Waals surface area contributed by atoms with E-state index >= 15 is 0 Å². The predicted octanol–water partition coefficient (Wildman–Crippen LogP) is 0.346. The Labute approximate surface area is 172 Å². The zero-order chi connectivity index (χ0) is 21.4. The van der Waals surface area contributed by atoms with Crippen LogP contribution in [0.15, 0.2) is 56.0 Å². The molecule has 1 atom stereocenters. The van der Waals surface area contributed by atoms with E-state index in [9.17, 15) is 14.4 Å². The largest absolute Gasteiger partial charge is 0.468 e. The first-order valence-electron chi connectivity index (χ1n) is 8.69. The number of furan rings is 2. The van der Waals surface area contributed by atoms with Crippen LogP contribution in [0.5, 0.6) is 0 Å². The summed E-state index contributed by atoms with van der Waals surface area (Å²) in [7, 11) is 2.39. The number of fused-ring (bicyclic) bond motifs is 1. The summed E-state index contributed by atoms with van der Waals surface area (Å²) in [5.41, 5.74) is 5.70. The number of nitrogens with zero attached hydrogens (tertiary/aromatic N) is 1. The summed E-state index contributed by atoms with van der Waals surface area (Å²) < 4.78 is 22.2. The Morgan fingerprint density at radius 1 is 1.10 bits per heavy atom. The number of ether oxygens (including phenoxy) is 2. The number of hydrogen-bond donors (Lipinski definition) is 1. The predicted molar refractivity (Wildman–Crippen MR) is 106 cm³/mol. The van der Waals surface area contributed by atoms with Gasteiger partial charge in [0.25, 0.3) is 5.56 Å². The van der Waals surface area contributed by atoms with Crippen LogP contribution in [0, 0.1) is 0 Å². The fraction of sp³-hybridized carbons (Fsp3) is 0.150. The molecule has 10 heteroatoms. The zero-order valence-corrected chi connectivity index (χ0v) is 16.7. The molecule has 154 valence electrons. The number of rotatable bonds is 4. The molecule has 0 spiro atoms. The van der Waals surface area contributed by atoms with E-state index < -0.39 is 23.4 Å². The normalized spacial score (nSPS) is 16.5. The average molecular weight is 428 g/mol. The summed E-state index contributed by atoms with van der Waals surface area (Å²) in [4.78, 5) is 38.5. The molecule has 4 rings (SSSR count). The molecule has 1 aliphatic rings. The molecule has 0 amide bonds. The number of carbonyl (C=O) groups is 2. The first kappa shape index (κ1) is 19.5. The Hall–Kier alpha value is -3.79. The number of hydrogen-bond acceptors (Lipinski definition) is 9. The Balaban J connectivity index is 2.14. The molecule has 9 nitrogen and oxygen atoms in total. The molecule has 0 radical (unpaired) electrons. The van der Waals surface area contributed by atoms with E-state index in [0.717, 1.165) is 15.9 Å². The molecule has 4 heterocycles. The summed E-state index contributed by atoms with van der Waals surface area (Å²) in [6, 6.07) is 6.57. The topological polar surface area (TPSA) is 127 Å². The van der Waals surface area contributed by atoms with Crippen LogP contribution in [0.25, 0.3) is 17.5 Å². The highest BCUT2D eigenvalue weighted by Crippen LogP contribution is 2.37. The second kappa shape index (κ2) is 7.56. The van der Waals surface area contributed by atoms with Crippen molar-refractivity contribution < 1.29 is 27.9 Å².